The Morgan fingerprint density at radius 2 is 1.76 bits per heavy atom. The lowest BCUT2D eigenvalue weighted by Crippen LogP contribution is -2.12. The molecule has 0 aliphatic carbocycles. The Morgan fingerprint density at radius 1 is 1.00 bits per heavy atom. The molecule has 0 fully saturated rings. The Labute approximate surface area is 216 Å². The molecular formula is C27H23F3N4O4. The van der Waals surface area contributed by atoms with Crippen LogP contribution in [0.3, 0.4) is 0 Å². The zero-order chi connectivity index (χ0) is 27.3. The first-order chi connectivity index (χ1) is 18.2. The SMILES string of the molecule is COC(=O)Nc1cc(-c2cc(OCc3ccc(OC)cc3)nc(-c3cnccc3C(F)(F)F)c2)c(C)cn1. The topological polar surface area (TPSA) is 95.5 Å². The summed E-state index contributed by atoms with van der Waals surface area (Å²) in [4.78, 5) is 24.1. The Morgan fingerprint density at radius 3 is 2.45 bits per heavy atom. The number of carbonyl (C=O) groups is 1. The second-order valence-corrected chi connectivity index (χ2v) is 8.14. The third kappa shape index (κ3) is 6.17. The van der Waals surface area contributed by atoms with Crippen LogP contribution in [0.25, 0.3) is 22.4 Å². The molecule has 0 spiro atoms. The first kappa shape index (κ1) is 26.4. The molecule has 0 aliphatic rings. The summed E-state index contributed by atoms with van der Waals surface area (Å²) in [6.45, 7) is 1.90. The van der Waals surface area contributed by atoms with Crippen molar-refractivity contribution in [3.63, 3.8) is 0 Å². The summed E-state index contributed by atoms with van der Waals surface area (Å²) >= 11 is 0. The Hall–Kier alpha value is -4.67. The molecule has 8 nitrogen and oxygen atoms in total. The van der Waals surface area contributed by atoms with Gasteiger partial charge in [-0.25, -0.2) is 14.8 Å². The van der Waals surface area contributed by atoms with E-state index in [1.807, 2.05) is 12.1 Å². The van der Waals surface area contributed by atoms with Crippen molar-refractivity contribution in [2.45, 2.75) is 19.7 Å². The minimum absolute atomic E-state index is 0.0198. The highest BCUT2D eigenvalue weighted by molar-refractivity contribution is 5.85. The number of hydrogen-bond acceptors (Lipinski definition) is 7. The van der Waals surface area contributed by atoms with E-state index in [2.05, 4.69) is 25.0 Å². The number of aromatic nitrogens is 3. The molecule has 1 aromatic carbocycles. The van der Waals surface area contributed by atoms with Gasteiger partial charge in [-0.2, -0.15) is 13.2 Å². The van der Waals surface area contributed by atoms with Crippen LogP contribution < -0.4 is 14.8 Å². The lowest BCUT2D eigenvalue weighted by atomic mass is 9.99. The summed E-state index contributed by atoms with van der Waals surface area (Å²) < 4.78 is 57.1. The highest BCUT2D eigenvalue weighted by atomic mass is 19.4. The summed E-state index contributed by atoms with van der Waals surface area (Å²) in [5.74, 6) is 0.981. The summed E-state index contributed by atoms with van der Waals surface area (Å²) in [7, 11) is 2.78. The summed E-state index contributed by atoms with van der Waals surface area (Å²) in [6, 6.07) is 12.8. The maximum atomic E-state index is 13.8. The zero-order valence-corrected chi connectivity index (χ0v) is 20.7. The number of anilines is 1. The molecule has 0 saturated carbocycles. The molecule has 0 aliphatic heterocycles. The third-order valence-corrected chi connectivity index (χ3v) is 5.58. The van der Waals surface area contributed by atoms with Crippen LogP contribution in [-0.2, 0) is 17.5 Å². The van der Waals surface area contributed by atoms with E-state index in [4.69, 9.17) is 9.47 Å². The predicted octanol–water partition coefficient (Wildman–Crippen LogP) is 6.30. The largest absolute Gasteiger partial charge is 0.497 e. The molecular weight excluding hydrogens is 501 g/mol. The van der Waals surface area contributed by atoms with Crippen molar-refractivity contribution in [2.75, 3.05) is 19.5 Å². The number of carbonyl (C=O) groups excluding carboxylic acids is 1. The Bertz CT molecular complexity index is 1440. The number of ether oxygens (including phenoxy) is 3. The predicted molar refractivity (Wildman–Crippen MR) is 134 cm³/mol. The van der Waals surface area contributed by atoms with Crippen LogP contribution >= 0.6 is 0 Å². The smallest absolute Gasteiger partial charge is 0.417 e. The van der Waals surface area contributed by atoms with Gasteiger partial charge in [0.05, 0.1) is 25.5 Å². The van der Waals surface area contributed by atoms with Crippen LogP contribution in [-0.4, -0.2) is 35.3 Å². The molecule has 38 heavy (non-hydrogen) atoms. The van der Waals surface area contributed by atoms with Gasteiger partial charge in [-0.05, 0) is 59.5 Å². The minimum Gasteiger partial charge on any atom is -0.497 e. The lowest BCUT2D eigenvalue weighted by molar-refractivity contribution is -0.137. The molecule has 0 atom stereocenters. The van der Waals surface area contributed by atoms with Gasteiger partial charge in [-0.15, -0.1) is 0 Å². The molecule has 1 N–H and O–H groups in total. The first-order valence-electron chi connectivity index (χ1n) is 11.3. The monoisotopic (exact) mass is 524 g/mol. The highest BCUT2D eigenvalue weighted by Crippen LogP contribution is 2.38. The molecule has 0 unspecified atom stereocenters. The molecule has 3 heterocycles. The van der Waals surface area contributed by atoms with Crippen LogP contribution in [0.4, 0.5) is 23.8 Å². The number of methoxy groups -OCH3 is 2. The molecule has 4 rings (SSSR count). The fraction of sp³-hybridized carbons (Fsp3) is 0.185. The van der Waals surface area contributed by atoms with Crippen molar-refractivity contribution < 1.29 is 32.2 Å². The molecule has 0 saturated heterocycles. The van der Waals surface area contributed by atoms with E-state index in [0.717, 1.165) is 24.0 Å². The fourth-order valence-electron chi connectivity index (χ4n) is 3.66. The van der Waals surface area contributed by atoms with Crippen LogP contribution in [0.2, 0.25) is 0 Å². The van der Waals surface area contributed by atoms with Gasteiger partial charge in [0.15, 0.2) is 0 Å². The number of aryl methyl sites for hydroxylation is 1. The molecule has 1 amide bonds. The van der Waals surface area contributed by atoms with Crippen molar-refractivity contribution in [3.8, 4) is 34.0 Å². The number of benzene rings is 1. The van der Waals surface area contributed by atoms with Crippen molar-refractivity contribution >= 4 is 11.9 Å². The maximum absolute atomic E-state index is 13.8. The fourth-order valence-corrected chi connectivity index (χ4v) is 3.66. The van der Waals surface area contributed by atoms with Gasteiger partial charge in [-0.1, -0.05) is 12.1 Å². The van der Waals surface area contributed by atoms with E-state index < -0.39 is 17.8 Å². The summed E-state index contributed by atoms with van der Waals surface area (Å²) in [6.07, 6.45) is -1.61. The second kappa shape index (κ2) is 11.2. The Balaban J connectivity index is 1.80. The van der Waals surface area contributed by atoms with E-state index in [0.29, 0.717) is 22.4 Å². The average Bonchev–Trinajstić information content (AvgIpc) is 2.92. The molecule has 3 aromatic heterocycles. The van der Waals surface area contributed by atoms with E-state index in [1.54, 1.807) is 38.3 Å². The van der Waals surface area contributed by atoms with E-state index in [9.17, 15) is 18.0 Å². The quantitative estimate of drug-likeness (QED) is 0.303. The van der Waals surface area contributed by atoms with Gasteiger partial charge >= 0.3 is 12.3 Å². The number of halogens is 3. The van der Waals surface area contributed by atoms with Crippen molar-refractivity contribution in [3.05, 3.63) is 83.8 Å². The Kier molecular flexibility index (Phi) is 7.75. The van der Waals surface area contributed by atoms with Crippen LogP contribution in [0.15, 0.2) is 67.1 Å². The molecule has 0 radical (unpaired) electrons. The van der Waals surface area contributed by atoms with Gasteiger partial charge < -0.3 is 14.2 Å². The van der Waals surface area contributed by atoms with Crippen molar-refractivity contribution in [2.24, 2.45) is 0 Å². The van der Waals surface area contributed by atoms with Gasteiger partial charge in [0.25, 0.3) is 0 Å². The van der Waals surface area contributed by atoms with E-state index in [-0.39, 0.29) is 29.6 Å². The highest BCUT2D eigenvalue weighted by Gasteiger charge is 2.34. The minimum atomic E-state index is -4.62. The van der Waals surface area contributed by atoms with Crippen LogP contribution in [0, 0.1) is 6.92 Å². The van der Waals surface area contributed by atoms with Gasteiger partial charge in [0, 0.05) is 30.2 Å². The standard InChI is InChI=1S/C27H23F3N4O4/c1-16-13-32-24(34-26(35)37-3)12-20(16)18-10-23(21-14-31-9-8-22(21)27(28,29)30)33-25(11-18)38-15-17-4-6-19(36-2)7-5-17/h4-14H,15H2,1-3H3,(H,32,34,35). The summed E-state index contributed by atoms with van der Waals surface area (Å²) in [5.41, 5.74) is 1.56. The molecule has 4 aromatic rings. The maximum Gasteiger partial charge on any atom is 0.417 e. The van der Waals surface area contributed by atoms with Gasteiger partial charge in [0.1, 0.15) is 18.2 Å². The number of alkyl halides is 3. The number of pyridine rings is 3. The second-order valence-electron chi connectivity index (χ2n) is 8.14. The number of nitrogens with one attached hydrogen (secondary N) is 1. The third-order valence-electron chi connectivity index (χ3n) is 5.58. The molecule has 11 heteroatoms. The average molecular weight is 524 g/mol. The van der Waals surface area contributed by atoms with Gasteiger partial charge in [-0.3, -0.25) is 10.3 Å². The van der Waals surface area contributed by atoms with E-state index in [1.165, 1.54) is 19.4 Å². The van der Waals surface area contributed by atoms with Crippen molar-refractivity contribution in [1.82, 2.24) is 15.0 Å². The molecule has 0 bridgehead atoms. The molecule has 196 valence electrons. The normalized spacial score (nSPS) is 11.1. The van der Waals surface area contributed by atoms with Crippen LogP contribution in [0.1, 0.15) is 16.7 Å². The zero-order valence-electron chi connectivity index (χ0n) is 20.7. The van der Waals surface area contributed by atoms with Gasteiger partial charge in [0.2, 0.25) is 5.88 Å². The van der Waals surface area contributed by atoms with E-state index >= 15 is 0 Å². The van der Waals surface area contributed by atoms with Crippen LogP contribution in [0.5, 0.6) is 11.6 Å². The number of amides is 1. The summed E-state index contributed by atoms with van der Waals surface area (Å²) in [5, 5.41) is 2.49. The first-order valence-corrected chi connectivity index (χ1v) is 11.3. The number of nitrogens with zero attached hydrogens (tertiary/aromatic N) is 3. The number of hydrogen-bond donors (Lipinski definition) is 1. The van der Waals surface area contributed by atoms with Crippen molar-refractivity contribution in [1.29, 1.82) is 0 Å². The number of rotatable bonds is 7. The lowest BCUT2D eigenvalue weighted by Gasteiger charge is -2.16.